The van der Waals surface area contributed by atoms with E-state index >= 15 is 0 Å². The highest BCUT2D eigenvalue weighted by Gasteiger charge is 1.78. The van der Waals surface area contributed by atoms with Crippen LogP contribution in [0.4, 0.5) is 0 Å². The van der Waals surface area contributed by atoms with E-state index in [1.807, 2.05) is 31.2 Å². The van der Waals surface area contributed by atoms with E-state index in [4.69, 9.17) is 11.5 Å². The van der Waals surface area contributed by atoms with Crippen molar-refractivity contribution in [1.29, 1.82) is 0 Å². The monoisotopic (exact) mass is 150 g/mol. The molecule has 0 aliphatic heterocycles. The lowest BCUT2D eigenvalue weighted by Gasteiger charge is -1.87. The molecule has 0 aromatic carbocycles. The van der Waals surface area contributed by atoms with Crippen molar-refractivity contribution in [3.05, 3.63) is 48.4 Å². The molecule has 0 aliphatic carbocycles. The second kappa shape index (κ2) is 6.68. The molecule has 4 N–H and O–H groups in total. The maximum atomic E-state index is 5.32. The highest BCUT2D eigenvalue weighted by Crippen LogP contribution is 1.96. The van der Waals surface area contributed by atoms with Crippen LogP contribution in [0.2, 0.25) is 0 Å². The smallest absolute Gasteiger partial charge is 0.00113 e. The Hall–Kier alpha value is -1.44. The van der Waals surface area contributed by atoms with Gasteiger partial charge in [-0.2, -0.15) is 0 Å². The Morgan fingerprint density at radius 3 is 2.27 bits per heavy atom. The van der Waals surface area contributed by atoms with E-state index in [1.54, 1.807) is 12.3 Å². The summed E-state index contributed by atoms with van der Waals surface area (Å²) in [4.78, 5) is 0. The lowest BCUT2D eigenvalue weighted by molar-refractivity contribution is 1.50. The van der Waals surface area contributed by atoms with Gasteiger partial charge in [0.15, 0.2) is 0 Å². The predicted molar refractivity (Wildman–Crippen MR) is 49.6 cm³/mol. The minimum absolute atomic E-state index is 0.964. The van der Waals surface area contributed by atoms with Crippen LogP contribution < -0.4 is 11.5 Å². The Labute approximate surface area is 67.6 Å². The standard InChI is InChI=1S/C9H14N2/c1-2-5-9(8-11)6-3-4-7-10/h2-8H,10-11H2,1H3/b5-2-,6-3-,7-4-,9-8+. The third-order valence-corrected chi connectivity index (χ3v) is 1.06. The fraction of sp³-hybridized carbons (Fsp3) is 0.111. The topological polar surface area (TPSA) is 52.0 Å². The molecule has 0 bridgehead atoms. The van der Waals surface area contributed by atoms with Gasteiger partial charge in [-0.05, 0) is 24.8 Å². The summed E-state index contributed by atoms with van der Waals surface area (Å²) in [6, 6.07) is 0. The van der Waals surface area contributed by atoms with Gasteiger partial charge in [0.25, 0.3) is 0 Å². The van der Waals surface area contributed by atoms with Gasteiger partial charge in [0, 0.05) is 6.20 Å². The summed E-state index contributed by atoms with van der Waals surface area (Å²) < 4.78 is 0. The van der Waals surface area contributed by atoms with Gasteiger partial charge in [-0.15, -0.1) is 0 Å². The third-order valence-electron chi connectivity index (χ3n) is 1.06. The van der Waals surface area contributed by atoms with Crippen LogP contribution in [0, 0.1) is 0 Å². The Morgan fingerprint density at radius 1 is 1.09 bits per heavy atom. The van der Waals surface area contributed by atoms with E-state index in [0.717, 1.165) is 5.57 Å². The maximum absolute atomic E-state index is 5.32. The Morgan fingerprint density at radius 2 is 1.82 bits per heavy atom. The Balaban J connectivity index is 4.09. The molecule has 0 aliphatic rings. The molecule has 0 spiro atoms. The Kier molecular flexibility index (Phi) is 5.80. The first-order chi connectivity index (χ1) is 5.35. The molecule has 0 aromatic rings. The van der Waals surface area contributed by atoms with Gasteiger partial charge in [0.1, 0.15) is 0 Å². The minimum Gasteiger partial charge on any atom is -0.405 e. The van der Waals surface area contributed by atoms with Crippen LogP contribution >= 0.6 is 0 Å². The zero-order chi connectivity index (χ0) is 8.53. The van der Waals surface area contributed by atoms with Gasteiger partial charge < -0.3 is 11.5 Å². The highest BCUT2D eigenvalue weighted by atomic mass is 14.5. The average Bonchev–Trinajstić information content (AvgIpc) is 2.03. The third kappa shape index (κ3) is 5.03. The van der Waals surface area contributed by atoms with Gasteiger partial charge in [-0.25, -0.2) is 0 Å². The van der Waals surface area contributed by atoms with E-state index in [-0.39, 0.29) is 0 Å². The summed E-state index contributed by atoms with van der Waals surface area (Å²) in [5.41, 5.74) is 11.4. The molecule has 2 nitrogen and oxygen atoms in total. The molecule has 0 amide bonds. The summed E-state index contributed by atoms with van der Waals surface area (Å²) >= 11 is 0. The van der Waals surface area contributed by atoms with Crippen LogP contribution in [0.25, 0.3) is 0 Å². The van der Waals surface area contributed by atoms with Crippen LogP contribution in [0.5, 0.6) is 0 Å². The van der Waals surface area contributed by atoms with Crippen molar-refractivity contribution in [3.63, 3.8) is 0 Å². The van der Waals surface area contributed by atoms with Crippen molar-refractivity contribution in [3.8, 4) is 0 Å². The number of hydrogen-bond donors (Lipinski definition) is 2. The molecule has 0 saturated carbocycles. The van der Waals surface area contributed by atoms with Crippen molar-refractivity contribution in [2.75, 3.05) is 0 Å². The molecule has 0 radical (unpaired) electrons. The van der Waals surface area contributed by atoms with E-state index < -0.39 is 0 Å². The van der Waals surface area contributed by atoms with Gasteiger partial charge in [-0.1, -0.05) is 24.3 Å². The summed E-state index contributed by atoms with van der Waals surface area (Å²) in [7, 11) is 0. The number of hydrogen-bond acceptors (Lipinski definition) is 2. The highest BCUT2D eigenvalue weighted by molar-refractivity contribution is 5.31. The SMILES string of the molecule is C\C=C/C(/C=C\C=C/N)=C\N. The average molecular weight is 150 g/mol. The van der Waals surface area contributed by atoms with E-state index in [9.17, 15) is 0 Å². The molecule has 2 heteroatoms. The summed E-state index contributed by atoms with van der Waals surface area (Å²) in [6.45, 7) is 1.94. The maximum Gasteiger partial charge on any atom is 0.00113 e. The van der Waals surface area contributed by atoms with Gasteiger partial charge in [-0.3, -0.25) is 0 Å². The largest absolute Gasteiger partial charge is 0.405 e. The second-order valence-corrected chi connectivity index (χ2v) is 1.91. The fourth-order valence-corrected chi connectivity index (χ4v) is 0.590. The van der Waals surface area contributed by atoms with Crippen LogP contribution in [-0.4, -0.2) is 0 Å². The van der Waals surface area contributed by atoms with Crippen molar-refractivity contribution in [2.45, 2.75) is 6.92 Å². The van der Waals surface area contributed by atoms with Gasteiger partial charge in [0.2, 0.25) is 0 Å². The van der Waals surface area contributed by atoms with Crippen LogP contribution in [-0.2, 0) is 0 Å². The summed E-state index contributed by atoms with van der Waals surface area (Å²) in [5.74, 6) is 0. The first-order valence-electron chi connectivity index (χ1n) is 3.44. The van der Waals surface area contributed by atoms with E-state index in [1.165, 1.54) is 6.20 Å². The normalized spacial score (nSPS) is 14.1. The first-order valence-corrected chi connectivity index (χ1v) is 3.44. The van der Waals surface area contributed by atoms with Crippen LogP contribution in [0.15, 0.2) is 48.4 Å². The predicted octanol–water partition coefficient (Wildman–Crippen LogP) is 1.43. The fourth-order valence-electron chi connectivity index (χ4n) is 0.590. The molecule has 0 aromatic heterocycles. The van der Waals surface area contributed by atoms with Crippen molar-refractivity contribution in [1.82, 2.24) is 0 Å². The first kappa shape index (κ1) is 9.56. The molecule has 0 unspecified atom stereocenters. The molecular formula is C9H14N2. The van der Waals surface area contributed by atoms with Gasteiger partial charge >= 0.3 is 0 Å². The van der Waals surface area contributed by atoms with Crippen molar-refractivity contribution >= 4 is 0 Å². The molecule has 11 heavy (non-hydrogen) atoms. The van der Waals surface area contributed by atoms with E-state index in [2.05, 4.69) is 0 Å². The molecule has 0 heterocycles. The van der Waals surface area contributed by atoms with Crippen molar-refractivity contribution < 1.29 is 0 Å². The molecule has 0 saturated heterocycles. The number of rotatable bonds is 3. The number of nitrogens with two attached hydrogens (primary N) is 2. The van der Waals surface area contributed by atoms with Crippen LogP contribution in [0.3, 0.4) is 0 Å². The molecule has 0 fully saturated rings. The van der Waals surface area contributed by atoms with Crippen molar-refractivity contribution in [2.24, 2.45) is 11.5 Å². The molecule has 60 valence electrons. The zero-order valence-electron chi connectivity index (χ0n) is 6.70. The molecule has 0 rings (SSSR count). The van der Waals surface area contributed by atoms with Gasteiger partial charge in [0.05, 0.1) is 0 Å². The summed E-state index contributed by atoms with van der Waals surface area (Å²) in [5, 5.41) is 0. The molecule has 0 atom stereocenters. The summed E-state index contributed by atoms with van der Waals surface area (Å²) in [6.07, 6.45) is 12.3. The molecular weight excluding hydrogens is 136 g/mol. The second-order valence-electron chi connectivity index (χ2n) is 1.91. The number of allylic oxidation sites excluding steroid dienone is 6. The minimum atomic E-state index is 0.964. The lowest BCUT2D eigenvalue weighted by atomic mass is 10.2. The Bertz CT molecular complexity index is 198. The van der Waals surface area contributed by atoms with Crippen LogP contribution in [0.1, 0.15) is 6.92 Å². The van der Waals surface area contributed by atoms with E-state index in [0.29, 0.717) is 0 Å². The quantitative estimate of drug-likeness (QED) is 0.598. The lowest BCUT2D eigenvalue weighted by Crippen LogP contribution is -1.81. The zero-order valence-corrected chi connectivity index (χ0v) is 6.70.